The molecule has 0 aliphatic heterocycles. The summed E-state index contributed by atoms with van der Waals surface area (Å²) in [7, 11) is 0. The van der Waals surface area contributed by atoms with E-state index in [1.165, 1.54) is 18.3 Å². The molecule has 0 bridgehead atoms. The molecule has 8 heteroatoms. The Bertz CT molecular complexity index is 1620. The molecule has 0 aliphatic carbocycles. The number of H-pyrrole nitrogens is 1. The van der Waals surface area contributed by atoms with E-state index in [0.29, 0.717) is 26.3 Å². The molecule has 144 valence electrons. The van der Waals surface area contributed by atoms with Crippen molar-refractivity contribution in [2.75, 3.05) is 0 Å². The molecule has 1 N–H and O–H groups in total. The number of rotatable bonds is 2. The van der Waals surface area contributed by atoms with Gasteiger partial charge in [0.2, 0.25) is 0 Å². The summed E-state index contributed by atoms with van der Waals surface area (Å²) in [5, 5.41) is 10.9. The van der Waals surface area contributed by atoms with Crippen molar-refractivity contribution in [1.82, 2.24) is 14.5 Å². The average molecular weight is 414 g/mol. The lowest BCUT2D eigenvalue weighted by molar-refractivity contribution is 0.627. The highest BCUT2D eigenvalue weighted by Crippen LogP contribution is 2.33. The number of aromatic nitrogens is 3. The number of nitrogens with zero attached hydrogens (tertiary/aromatic N) is 3. The van der Waals surface area contributed by atoms with Crippen molar-refractivity contribution in [1.29, 1.82) is 5.26 Å². The molecule has 0 aliphatic rings. The standard InChI is InChI=1S/C22H11FN4O2S/c23-14-5-6-16(13(7-14)9-24)19-8-17-20(30-19)21(28)27(22(29)26-17)18-11-25-10-12-3-1-2-4-15(12)18/h1-8,10-11H,(H,26,29). The minimum Gasteiger partial charge on any atom is -0.306 e. The lowest BCUT2D eigenvalue weighted by Crippen LogP contribution is -2.33. The van der Waals surface area contributed by atoms with Crippen molar-refractivity contribution in [3.63, 3.8) is 0 Å². The number of nitrogens with one attached hydrogen (secondary N) is 1. The molecule has 0 atom stereocenters. The van der Waals surface area contributed by atoms with Crippen molar-refractivity contribution in [2.24, 2.45) is 0 Å². The van der Waals surface area contributed by atoms with Gasteiger partial charge in [-0.15, -0.1) is 11.3 Å². The van der Waals surface area contributed by atoms with E-state index in [4.69, 9.17) is 0 Å². The Labute approximate surface area is 172 Å². The zero-order valence-corrected chi connectivity index (χ0v) is 16.0. The van der Waals surface area contributed by atoms with Gasteiger partial charge in [-0.05, 0) is 24.3 Å². The molecule has 6 nitrogen and oxygen atoms in total. The Hall–Kier alpha value is -4.09. The van der Waals surface area contributed by atoms with Gasteiger partial charge in [0.1, 0.15) is 10.5 Å². The van der Waals surface area contributed by atoms with Crippen LogP contribution in [0.25, 0.3) is 37.1 Å². The van der Waals surface area contributed by atoms with Crippen LogP contribution in [0.4, 0.5) is 4.39 Å². The van der Waals surface area contributed by atoms with Gasteiger partial charge in [0.15, 0.2) is 0 Å². The maximum absolute atomic E-state index is 13.5. The Balaban J connectivity index is 1.79. The fourth-order valence-corrected chi connectivity index (χ4v) is 4.54. The Morgan fingerprint density at radius 1 is 1.10 bits per heavy atom. The minimum atomic E-state index is -0.588. The molecular formula is C22H11FN4O2S. The van der Waals surface area contributed by atoms with Gasteiger partial charge < -0.3 is 4.98 Å². The second-order valence-corrected chi connectivity index (χ2v) is 7.66. The summed E-state index contributed by atoms with van der Waals surface area (Å²) >= 11 is 1.14. The number of aromatic amines is 1. The summed E-state index contributed by atoms with van der Waals surface area (Å²) in [6.45, 7) is 0. The normalized spacial score (nSPS) is 11.1. The van der Waals surface area contributed by atoms with E-state index in [0.717, 1.165) is 32.7 Å². The third-order valence-corrected chi connectivity index (χ3v) is 5.99. The molecule has 3 heterocycles. The zero-order chi connectivity index (χ0) is 20.8. The SMILES string of the molecule is N#Cc1cc(F)ccc1-c1cc2[nH]c(=O)n(-c3cncc4ccccc34)c(=O)c2s1. The van der Waals surface area contributed by atoms with Gasteiger partial charge in [-0.1, -0.05) is 24.3 Å². The molecule has 30 heavy (non-hydrogen) atoms. The van der Waals surface area contributed by atoms with E-state index in [2.05, 4.69) is 9.97 Å². The van der Waals surface area contributed by atoms with Crippen LogP contribution in [0.5, 0.6) is 0 Å². The Morgan fingerprint density at radius 3 is 2.77 bits per heavy atom. The first-order valence-electron chi connectivity index (χ1n) is 8.89. The van der Waals surface area contributed by atoms with Gasteiger partial charge in [-0.2, -0.15) is 5.26 Å². The Morgan fingerprint density at radius 2 is 1.93 bits per heavy atom. The molecule has 0 amide bonds. The van der Waals surface area contributed by atoms with E-state index < -0.39 is 17.1 Å². The van der Waals surface area contributed by atoms with Crippen molar-refractivity contribution in [3.8, 4) is 22.2 Å². The van der Waals surface area contributed by atoms with E-state index in [-0.39, 0.29) is 5.56 Å². The molecule has 5 aromatic rings. The molecule has 0 saturated heterocycles. The number of fused-ring (bicyclic) bond motifs is 2. The number of hydrogen-bond donors (Lipinski definition) is 1. The topological polar surface area (TPSA) is 91.5 Å². The minimum absolute atomic E-state index is 0.155. The monoisotopic (exact) mass is 414 g/mol. The van der Waals surface area contributed by atoms with Crippen LogP contribution in [-0.4, -0.2) is 14.5 Å². The van der Waals surface area contributed by atoms with Crippen LogP contribution in [0, 0.1) is 17.1 Å². The molecule has 3 aromatic heterocycles. The second kappa shape index (κ2) is 6.76. The fraction of sp³-hybridized carbons (Fsp3) is 0. The van der Waals surface area contributed by atoms with E-state index >= 15 is 0 Å². The molecule has 0 spiro atoms. The van der Waals surface area contributed by atoms with Crippen LogP contribution in [-0.2, 0) is 0 Å². The maximum Gasteiger partial charge on any atom is 0.333 e. The van der Waals surface area contributed by atoms with Crippen LogP contribution in [0.15, 0.2) is 70.5 Å². The fourth-order valence-electron chi connectivity index (χ4n) is 3.46. The number of halogens is 1. The largest absolute Gasteiger partial charge is 0.333 e. The number of thiophene rings is 1. The highest BCUT2D eigenvalue weighted by atomic mass is 32.1. The van der Waals surface area contributed by atoms with Crippen LogP contribution < -0.4 is 11.2 Å². The first-order valence-corrected chi connectivity index (χ1v) is 9.70. The summed E-state index contributed by atoms with van der Waals surface area (Å²) < 4.78 is 14.9. The summed E-state index contributed by atoms with van der Waals surface area (Å²) in [4.78, 5) is 33.5. The molecule has 5 rings (SSSR count). The predicted octanol–water partition coefficient (Wildman–Crippen LogP) is 3.97. The molecule has 0 fully saturated rings. The Kier molecular flexibility index (Phi) is 4.05. The van der Waals surface area contributed by atoms with E-state index in [1.807, 2.05) is 30.3 Å². The summed E-state index contributed by atoms with van der Waals surface area (Å²) in [5.41, 5.74) is 0.331. The number of benzene rings is 2. The quantitative estimate of drug-likeness (QED) is 0.473. The molecule has 0 radical (unpaired) electrons. The highest BCUT2D eigenvalue weighted by molar-refractivity contribution is 7.22. The molecule has 0 saturated carbocycles. The van der Waals surface area contributed by atoms with Gasteiger partial charge in [-0.3, -0.25) is 9.78 Å². The summed E-state index contributed by atoms with van der Waals surface area (Å²) in [6.07, 6.45) is 3.14. The summed E-state index contributed by atoms with van der Waals surface area (Å²) in [5.74, 6) is -0.518. The molecular weight excluding hydrogens is 403 g/mol. The summed E-state index contributed by atoms with van der Waals surface area (Å²) in [6, 6.07) is 14.8. The van der Waals surface area contributed by atoms with Crippen molar-refractivity contribution in [3.05, 3.63) is 93.1 Å². The van der Waals surface area contributed by atoms with Crippen LogP contribution in [0.2, 0.25) is 0 Å². The lowest BCUT2D eigenvalue weighted by Gasteiger charge is -2.07. The van der Waals surface area contributed by atoms with Crippen molar-refractivity contribution in [2.45, 2.75) is 0 Å². The van der Waals surface area contributed by atoms with E-state index in [1.54, 1.807) is 12.3 Å². The maximum atomic E-state index is 13.5. The third-order valence-electron chi connectivity index (χ3n) is 4.83. The first-order chi connectivity index (χ1) is 14.6. The smallest absolute Gasteiger partial charge is 0.306 e. The van der Waals surface area contributed by atoms with Crippen LogP contribution in [0.3, 0.4) is 0 Å². The number of nitriles is 1. The van der Waals surface area contributed by atoms with Gasteiger partial charge >= 0.3 is 5.69 Å². The molecule has 0 unspecified atom stereocenters. The van der Waals surface area contributed by atoms with Crippen molar-refractivity contribution >= 4 is 32.3 Å². The van der Waals surface area contributed by atoms with Gasteiger partial charge in [-0.25, -0.2) is 13.8 Å². The van der Waals surface area contributed by atoms with Gasteiger partial charge in [0, 0.05) is 27.4 Å². The van der Waals surface area contributed by atoms with Gasteiger partial charge in [0.05, 0.1) is 29.0 Å². The molecule has 2 aromatic carbocycles. The van der Waals surface area contributed by atoms with Crippen molar-refractivity contribution < 1.29 is 4.39 Å². The van der Waals surface area contributed by atoms with E-state index in [9.17, 15) is 19.2 Å². The third kappa shape index (κ3) is 2.72. The number of hydrogen-bond acceptors (Lipinski definition) is 5. The highest BCUT2D eigenvalue weighted by Gasteiger charge is 2.17. The van der Waals surface area contributed by atoms with Crippen LogP contribution >= 0.6 is 11.3 Å². The number of pyridine rings is 1. The van der Waals surface area contributed by atoms with Crippen LogP contribution in [0.1, 0.15) is 5.56 Å². The lowest BCUT2D eigenvalue weighted by atomic mass is 10.1. The zero-order valence-electron chi connectivity index (χ0n) is 15.2. The second-order valence-electron chi connectivity index (χ2n) is 6.61. The first kappa shape index (κ1) is 18.0. The average Bonchev–Trinajstić information content (AvgIpc) is 3.17. The predicted molar refractivity (Wildman–Crippen MR) is 113 cm³/mol. The van der Waals surface area contributed by atoms with Gasteiger partial charge in [0.25, 0.3) is 5.56 Å².